The Hall–Kier alpha value is -2.17. The van der Waals surface area contributed by atoms with Crippen LogP contribution in [0.15, 0.2) is 30.3 Å². The average molecular weight is 257 g/mol. The Morgan fingerprint density at radius 3 is 2.63 bits per heavy atom. The number of hydrogen-bond donors (Lipinski definition) is 0. The number of para-hydroxylation sites is 1. The summed E-state index contributed by atoms with van der Waals surface area (Å²) >= 11 is 0. The Morgan fingerprint density at radius 2 is 1.95 bits per heavy atom. The number of aromatic nitrogens is 3. The lowest BCUT2D eigenvalue weighted by Gasteiger charge is -2.24. The monoisotopic (exact) mass is 257 g/mol. The Morgan fingerprint density at radius 1 is 1.26 bits per heavy atom. The van der Waals surface area contributed by atoms with E-state index in [0.717, 1.165) is 0 Å². The Balaban J connectivity index is 2.15. The van der Waals surface area contributed by atoms with E-state index in [4.69, 9.17) is 0 Å². The third-order valence-electron chi connectivity index (χ3n) is 3.39. The minimum absolute atomic E-state index is 0.122. The molecular weight excluding hydrogens is 242 g/mol. The smallest absolute Gasteiger partial charge is 0.244 e. The fourth-order valence-electron chi connectivity index (χ4n) is 2.55. The maximum atomic E-state index is 12.2. The average Bonchev–Trinajstić information content (AvgIpc) is 2.66. The molecule has 1 aliphatic rings. The van der Waals surface area contributed by atoms with Gasteiger partial charge in [-0.1, -0.05) is 32.0 Å². The molecular formula is C14H15N3O2. The number of ketones is 1. The Bertz CT molecular complexity index is 644. The number of Topliss-reactive ketones (excluding diaryl/α,β-unsaturated/α-hetero) is 1. The van der Waals surface area contributed by atoms with Gasteiger partial charge in [-0.2, -0.15) is 0 Å². The van der Waals surface area contributed by atoms with E-state index in [-0.39, 0.29) is 16.9 Å². The van der Waals surface area contributed by atoms with Crippen LogP contribution in [0.1, 0.15) is 36.5 Å². The van der Waals surface area contributed by atoms with Gasteiger partial charge in [-0.15, -0.1) is 4.85 Å². The molecule has 0 unspecified atom stereocenters. The first-order chi connectivity index (χ1) is 8.98. The summed E-state index contributed by atoms with van der Waals surface area (Å²) in [6.45, 7) is 4.04. The van der Waals surface area contributed by atoms with Crippen molar-refractivity contribution >= 4 is 5.78 Å². The van der Waals surface area contributed by atoms with Crippen molar-refractivity contribution in [1.82, 2.24) is 9.90 Å². The Labute approximate surface area is 111 Å². The molecule has 0 saturated heterocycles. The van der Waals surface area contributed by atoms with E-state index in [0.29, 0.717) is 29.1 Å². The van der Waals surface area contributed by atoms with Crippen molar-refractivity contribution < 1.29 is 9.64 Å². The van der Waals surface area contributed by atoms with Crippen LogP contribution in [-0.2, 0) is 6.42 Å². The lowest BCUT2D eigenvalue weighted by atomic mass is 9.77. The van der Waals surface area contributed by atoms with Gasteiger partial charge in [-0.3, -0.25) is 4.79 Å². The van der Waals surface area contributed by atoms with Gasteiger partial charge >= 0.3 is 0 Å². The minimum atomic E-state index is -0.132. The predicted octanol–water partition coefficient (Wildman–Crippen LogP) is 1.66. The van der Waals surface area contributed by atoms with Crippen molar-refractivity contribution in [2.45, 2.75) is 26.7 Å². The first-order valence-corrected chi connectivity index (χ1v) is 6.28. The summed E-state index contributed by atoms with van der Waals surface area (Å²) in [4.78, 5) is 14.0. The molecule has 0 aliphatic heterocycles. The lowest BCUT2D eigenvalue weighted by Crippen LogP contribution is -2.43. The first kappa shape index (κ1) is 11.9. The molecule has 1 heterocycles. The van der Waals surface area contributed by atoms with Gasteiger partial charge in [0.15, 0.2) is 0 Å². The van der Waals surface area contributed by atoms with Crippen molar-refractivity contribution in [2.75, 3.05) is 0 Å². The topological polar surface area (TPSA) is 61.8 Å². The molecule has 2 aromatic rings. The van der Waals surface area contributed by atoms with Crippen molar-refractivity contribution in [1.29, 1.82) is 0 Å². The van der Waals surface area contributed by atoms with Crippen LogP contribution in [0.25, 0.3) is 5.69 Å². The van der Waals surface area contributed by atoms with Gasteiger partial charge in [0.2, 0.25) is 17.2 Å². The fourth-order valence-corrected chi connectivity index (χ4v) is 2.55. The van der Waals surface area contributed by atoms with E-state index < -0.39 is 0 Å². The number of hydrogen-bond acceptors (Lipinski definition) is 3. The second-order valence-electron chi connectivity index (χ2n) is 5.73. The molecule has 0 spiro atoms. The molecule has 3 rings (SSSR count). The van der Waals surface area contributed by atoms with Gasteiger partial charge in [0.1, 0.15) is 5.69 Å². The normalized spacial score (nSPS) is 17.3. The van der Waals surface area contributed by atoms with Gasteiger partial charge in [-0.25, -0.2) is 0 Å². The van der Waals surface area contributed by atoms with Crippen LogP contribution in [0.4, 0.5) is 0 Å². The Kier molecular flexibility index (Phi) is 2.45. The first-order valence-electron chi connectivity index (χ1n) is 6.28. The quantitative estimate of drug-likeness (QED) is 0.576. The number of benzene rings is 1. The molecule has 1 aromatic heterocycles. The van der Waals surface area contributed by atoms with Crippen molar-refractivity contribution in [3.05, 3.63) is 46.9 Å². The van der Waals surface area contributed by atoms with Crippen molar-refractivity contribution in [2.24, 2.45) is 5.41 Å². The van der Waals surface area contributed by atoms with Crippen LogP contribution in [0.5, 0.6) is 0 Å². The highest BCUT2D eigenvalue weighted by atomic mass is 16.5. The van der Waals surface area contributed by atoms with Gasteiger partial charge in [0, 0.05) is 17.9 Å². The molecule has 0 atom stereocenters. The number of rotatable bonds is 1. The highest BCUT2D eigenvalue weighted by Gasteiger charge is 2.40. The molecule has 0 bridgehead atoms. The van der Waals surface area contributed by atoms with Crippen LogP contribution in [0, 0.1) is 10.6 Å². The molecule has 0 amide bonds. The predicted molar refractivity (Wildman–Crippen MR) is 69.0 cm³/mol. The van der Waals surface area contributed by atoms with Gasteiger partial charge in [0.05, 0.1) is 0 Å². The fraction of sp³-hybridized carbons (Fsp3) is 0.357. The summed E-state index contributed by atoms with van der Waals surface area (Å²) in [5, 5.41) is 16.5. The highest BCUT2D eigenvalue weighted by Crippen LogP contribution is 2.32. The maximum absolute atomic E-state index is 12.2. The molecule has 98 valence electrons. The zero-order valence-electron chi connectivity index (χ0n) is 11.0. The molecule has 0 fully saturated rings. The SMILES string of the molecule is CC1(C)CC(=O)c2c(nn(-c3ccccc3)[n+]2[O-])C1. The van der Waals surface area contributed by atoms with E-state index >= 15 is 0 Å². The molecule has 1 aliphatic carbocycles. The molecule has 19 heavy (non-hydrogen) atoms. The third-order valence-corrected chi connectivity index (χ3v) is 3.39. The lowest BCUT2D eigenvalue weighted by molar-refractivity contribution is -0.690. The number of fused-ring (bicyclic) bond motifs is 1. The van der Waals surface area contributed by atoms with Crippen LogP contribution in [0.3, 0.4) is 0 Å². The largest absolute Gasteiger partial charge is 0.692 e. The van der Waals surface area contributed by atoms with Crippen LogP contribution < -0.4 is 4.85 Å². The number of carbonyl (C=O) groups is 1. The van der Waals surface area contributed by atoms with Gasteiger partial charge in [-0.05, 0) is 22.3 Å². The van der Waals surface area contributed by atoms with E-state index in [1.54, 1.807) is 12.1 Å². The molecule has 5 heteroatoms. The minimum Gasteiger partial charge on any atom is -0.692 e. The van der Waals surface area contributed by atoms with E-state index in [2.05, 4.69) is 5.10 Å². The summed E-state index contributed by atoms with van der Waals surface area (Å²) < 4.78 is 0. The van der Waals surface area contributed by atoms with Crippen LogP contribution >= 0.6 is 0 Å². The third kappa shape index (κ3) is 1.91. The maximum Gasteiger partial charge on any atom is 0.244 e. The van der Waals surface area contributed by atoms with Crippen LogP contribution in [0.2, 0.25) is 0 Å². The second-order valence-corrected chi connectivity index (χ2v) is 5.73. The van der Waals surface area contributed by atoms with Gasteiger partial charge in [0.25, 0.3) is 0 Å². The standard InChI is InChI=1S/C14H15N3O2/c1-14(2)8-11-13(12(18)9-14)17(19)16(15-11)10-6-4-3-5-7-10/h3-7H,8-9H2,1-2H3. The van der Waals surface area contributed by atoms with Crippen molar-refractivity contribution in [3.63, 3.8) is 0 Å². The zero-order chi connectivity index (χ0) is 13.6. The molecule has 5 nitrogen and oxygen atoms in total. The molecule has 0 saturated carbocycles. The van der Waals surface area contributed by atoms with E-state index in [1.807, 2.05) is 32.0 Å². The number of carbonyl (C=O) groups excluding carboxylic acids is 1. The second kappa shape index (κ2) is 3.91. The molecule has 1 aromatic carbocycles. The summed E-state index contributed by atoms with van der Waals surface area (Å²) in [7, 11) is 0. The molecule has 0 radical (unpaired) electrons. The summed E-state index contributed by atoms with van der Waals surface area (Å²) in [5.74, 6) is -0.122. The van der Waals surface area contributed by atoms with E-state index in [9.17, 15) is 10.0 Å². The van der Waals surface area contributed by atoms with Gasteiger partial charge < -0.3 is 5.21 Å². The number of nitrogens with zero attached hydrogens (tertiary/aromatic N) is 3. The zero-order valence-corrected chi connectivity index (χ0v) is 11.0. The highest BCUT2D eigenvalue weighted by molar-refractivity contribution is 5.95. The molecule has 0 N–H and O–H groups in total. The van der Waals surface area contributed by atoms with Crippen LogP contribution in [-0.4, -0.2) is 15.7 Å². The van der Waals surface area contributed by atoms with E-state index in [1.165, 1.54) is 4.80 Å². The summed E-state index contributed by atoms with van der Waals surface area (Å²) in [6, 6.07) is 9.13. The van der Waals surface area contributed by atoms with Crippen molar-refractivity contribution in [3.8, 4) is 5.69 Å². The summed E-state index contributed by atoms with van der Waals surface area (Å²) in [6.07, 6.45) is 1.04. The summed E-state index contributed by atoms with van der Waals surface area (Å²) in [5.41, 5.74) is 1.33.